The van der Waals surface area contributed by atoms with Crippen molar-refractivity contribution in [3.63, 3.8) is 0 Å². The summed E-state index contributed by atoms with van der Waals surface area (Å²) < 4.78 is 4.07. The van der Waals surface area contributed by atoms with Crippen LogP contribution in [0.2, 0.25) is 0 Å². The van der Waals surface area contributed by atoms with E-state index < -0.39 is 17.5 Å². The van der Waals surface area contributed by atoms with Crippen LogP contribution in [0, 0.1) is 0 Å². The number of allylic oxidation sites excluding steroid dienone is 1. The van der Waals surface area contributed by atoms with Crippen molar-refractivity contribution < 1.29 is 19.7 Å². The summed E-state index contributed by atoms with van der Waals surface area (Å²) >= 11 is 0. The average molecular weight is 132 g/mol. The van der Waals surface area contributed by atoms with E-state index in [-0.39, 0.29) is 0 Å². The summed E-state index contributed by atoms with van der Waals surface area (Å²) in [4.78, 5) is 10.3. The highest BCUT2D eigenvalue weighted by Gasteiger charge is 2.09. The van der Waals surface area contributed by atoms with E-state index in [1.807, 2.05) is 0 Å². The predicted octanol–water partition coefficient (Wildman–Crippen LogP) is 0.507. The van der Waals surface area contributed by atoms with E-state index in [0.29, 0.717) is 0 Å². The van der Waals surface area contributed by atoms with E-state index in [1.165, 1.54) is 6.92 Å². The van der Waals surface area contributed by atoms with Crippen molar-refractivity contribution in [2.45, 2.75) is 6.92 Å². The molecule has 0 unspecified atom stereocenters. The fourth-order valence-electron chi connectivity index (χ4n) is 0.244. The molecular formula is C5H8O4. The maximum absolute atomic E-state index is 10.3. The molecule has 0 radical (unpaired) electrons. The largest absolute Gasteiger partial charge is 0.508 e. The summed E-state index contributed by atoms with van der Waals surface area (Å²) in [7, 11) is 1.11. The molecule has 0 heterocycles. The summed E-state index contributed by atoms with van der Waals surface area (Å²) in [6.07, 6.45) is 0. The Morgan fingerprint density at radius 2 is 1.89 bits per heavy atom. The van der Waals surface area contributed by atoms with Crippen LogP contribution in [0.3, 0.4) is 0 Å². The zero-order chi connectivity index (χ0) is 7.44. The monoisotopic (exact) mass is 132 g/mol. The van der Waals surface area contributed by atoms with Crippen molar-refractivity contribution >= 4 is 5.97 Å². The second-order valence-corrected chi connectivity index (χ2v) is 1.43. The quantitative estimate of drug-likeness (QED) is 0.310. The highest BCUT2D eigenvalue weighted by molar-refractivity contribution is 5.85. The van der Waals surface area contributed by atoms with E-state index in [0.717, 1.165) is 7.11 Å². The maximum Gasteiger partial charge on any atom is 0.376 e. The number of methoxy groups -OCH3 is 1. The zero-order valence-electron chi connectivity index (χ0n) is 5.21. The van der Waals surface area contributed by atoms with E-state index in [9.17, 15) is 4.79 Å². The number of ether oxygens (including phenoxy) is 1. The Kier molecular flexibility index (Phi) is 2.57. The minimum atomic E-state index is -0.935. The Labute approximate surface area is 52.4 Å². The molecule has 0 aliphatic heterocycles. The Morgan fingerprint density at radius 1 is 1.44 bits per heavy atom. The van der Waals surface area contributed by atoms with Gasteiger partial charge in [-0.25, -0.2) is 4.79 Å². The molecule has 0 aromatic rings. The third-order valence-corrected chi connectivity index (χ3v) is 0.721. The number of aliphatic hydroxyl groups is 2. The van der Waals surface area contributed by atoms with Gasteiger partial charge in [-0.2, -0.15) is 0 Å². The van der Waals surface area contributed by atoms with Gasteiger partial charge in [0.25, 0.3) is 0 Å². The van der Waals surface area contributed by atoms with E-state index in [4.69, 9.17) is 10.2 Å². The van der Waals surface area contributed by atoms with Crippen LogP contribution in [0.25, 0.3) is 0 Å². The van der Waals surface area contributed by atoms with Crippen LogP contribution in [0.15, 0.2) is 11.5 Å². The molecule has 2 N–H and O–H groups in total. The molecule has 0 aromatic carbocycles. The minimum absolute atomic E-state index is 0.443. The number of carbonyl (C=O) groups is 1. The summed E-state index contributed by atoms with van der Waals surface area (Å²) in [5.41, 5.74) is 0. The second kappa shape index (κ2) is 2.96. The molecule has 52 valence electrons. The Balaban J connectivity index is 4.21. The minimum Gasteiger partial charge on any atom is -0.508 e. The van der Waals surface area contributed by atoms with Crippen LogP contribution in [0.5, 0.6) is 0 Å². The molecule has 0 aromatic heterocycles. The third-order valence-electron chi connectivity index (χ3n) is 0.721. The first-order chi connectivity index (χ1) is 4.09. The second-order valence-electron chi connectivity index (χ2n) is 1.43. The topological polar surface area (TPSA) is 66.8 Å². The van der Waals surface area contributed by atoms with E-state index in [1.54, 1.807) is 0 Å². The Morgan fingerprint density at radius 3 is 2.00 bits per heavy atom. The van der Waals surface area contributed by atoms with Gasteiger partial charge in [-0.3, -0.25) is 0 Å². The van der Waals surface area contributed by atoms with Gasteiger partial charge in [0.15, 0.2) is 0 Å². The van der Waals surface area contributed by atoms with Gasteiger partial charge in [0.2, 0.25) is 5.76 Å². The lowest BCUT2D eigenvalue weighted by atomic mass is 10.4. The van der Waals surface area contributed by atoms with Crippen molar-refractivity contribution in [3.05, 3.63) is 11.5 Å². The van der Waals surface area contributed by atoms with Gasteiger partial charge < -0.3 is 14.9 Å². The van der Waals surface area contributed by atoms with Crippen LogP contribution in [0.4, 0.5) is 0 Å². The Hall–Kier alpha value is -1.19. The van der Waals surface area contributed by atoms with Crippen LogP contribution < -0.4 is 0 Å². The number of hydrogen-bond acceptors (Lipinski definition) is 4. The Bertz CT molecular complexity index is 143. The number of carbonyl (C=O) groups excluding carboxylic acids is 1. The van der Waals surface area contributed by atoms with Crippen molar-refractivity contribution in [1.82, 2.24) is 0 Å². The SMILES string of the molecule is COC(=O)/C(O)=C(/C)O. The fourth-order valence-corrected chi connectivity index (χ4v) is 0.244. The summed E-state index contributed by atoms with van der Waals surface area (Å²) in [5, 5.41) is 17.0. The van der Waals surface area contributed by atoms with E-state index >= 15 is 0 Å². The molecular weight excluding hydrogens is 124 g/mol. The van der Waals surface area contributed by atoms with Gasteiger partial charge in [-0.15, -0.1) is 0 Å². The predicted molar refractivity (Wildman–Crippen MR) is 30.0 cm³/mol. The van der Waals surface area contributed by atoms with Crippen molar-refractivity contribution in [2.75, 3.05) is 7.11 Å². The summed E-state index contributed by atoms with van der Waals surface area (Å²) in [6.45, 7) is 1.19. The first-order valence-electron chi connectivity index (χ1n) is 2.26. The molecule has 0 amide bonds. The smallest absolute Gasteiger partial charge is 0.376 e. The molecule has 0 fully saturated rings. The first-order valence-corrected chi connectivity index (χ1v) is 2.26. The molecule has 4 nitrogen and oxygen atoms in total. The molecule has 0 atom stereocenters. The summed E-state index contributed by atoms with van der Waals surface area (Å²) in [6, 6.07) is 0. The number of esters is 1. The molecule has 4 heteroatoms. The average Bonchev–Trinajstić information content (AvgIpc) is 1.84. The highest BCUT2D eigenvalue weighted by atomic mass is 16.5. The standard InChI is InChI=1S/C5H8O4/c1-3(6)4(7)5(8)9-2/h6-7H,1-2H3/b4-3+. The van der Waals surface area contributed by atoms with Crippen molar-refractivity contribution in [3.8, 4) is 0 Å². The van der Waals surface area contributed by atoms with Crippen molar-refractivity contribution in [1.29, 1.82) is 0 Å². The third kappa shape index (κ3) is 2.03. The normalized spacial score (nSPS) is 12.2. The molecule has 0 bridgehead atoms. The summed E-state index contributed by atoms with van der Waals surface area (Å²) in [5.74, 6) is -2.13. The number of rotatable bonds is 1. The lowest BCUT2D eigenvalue weighted by Gasteiger charge is -1.96. The lowest BCUT2D eigenvalue weighted by molar-refractivity contribution is -0.139. The molecule has 9 heavy (non-hydrogen) atoms. The molecule has 0 saturated carbocycles. The lowest BCUT2D eigenvalue weighted by Crippen LogP contribution is -2.05. The van der Waals surface area contributed by atoms with Gasteiger partial charge in [-0.1, -0.05) is 0 Å². The van der Waals surface area contributed by atoms with Crippen LogP contribution in [0.1, 0.15) is 6.92 Å². The fraction of sp³-hybridized carbons (Fsp3) is 0.400. The van der Waals surface area contributed by atoms with Crippen LogP contribution >= 0.6 is 0 Å². The molecule has 0 rings (SSSR count). The van der Waals surface area contributed by atoms with Crippen molar-refractivity contribution in [2.24, 2.45) is 0 Å². The number of hydrogen-bond donors (Lipinski definition) is 2. The first kappa shape index (κ1) is 7.81. The van der Waals surface area contributed by atoms with Gasteiger partial charge in [0.1, 0.15) is 5.76 Å². The van der Waals surface area contributed by atoms with Crippen LogP contribution in [-0.4, -0.2) is 23.3 Å². The molecule has 0 saturated heterocycles. The van der Waals surface area contributed by atoms with Gasteiger partial charge in [-0.05, 0) is 6.92 Å². The van der Waals surface area contributed by atoms with Gasteiger partial charge in [0, 0.05) is 0 Å². The molecule has 0 aliphatic rings. The molecule has 0 aliphatic carbocycles. The van der Waals surface area contributed by atoms with Gasteiger partial charge in [0.05, 0.1) is 7.11 Å². The maximum atomic E-state index is 10.3. The number of aliphatic hydroxyl groups excluding tert-OH is 2. The van der Waals surface area contributed by atoms with Crippen LogP contribution in [-0.2, 0) is 9.53 Å². The zero-order valence-corrected chi connectivity index (χ0v) is 5.21. The molecule has 0 spiro atoms. The highest BCUT2D eigenvalue weighted by Crippen LogP contribution is 1.96. The van der Waals surface area contributed by atoms with Gasteiger partial charge >= 0.3 is 5.97 Å². The van der Waals surface area contributed by atoms with E-state index in [2.05, 4.69) is 4.74 Å².